The van der Waals surface area contributed by atoms with Crippen LogP contribution in [0.1, 0.15) is 29.9 Å². The predicted molar refractivity (Wildman–Crippen MR) is 134 cm³/mol. The first kappa shape index (κ1) is 24.4. The van der Waals surface area contributed by atoms with Crippen LogP contribution in [-0.4, -0.2) is 58.2 Å². The lowest BCUT2D eigenvalue weighted by Gasteiger charge is -2.38. The van der Waals surface area contributed by atoms with Gasteiger partial charge in [0.1, 0.15) is 11.5 Å². The van der Waals surface area contributed by atoms with Crippen LogP contribution < -0.4 is 15.8 Å². The quantitative estimate of drug-likeness (QED) is 0.550. The van der Waals surface area contributed by atoms with E-state index in [2.05, 4.69) is 5.32 Å². The van der Waals surface area contributed by atoms with Crippen molar-refractivity contribution >= 4 is 23.1 Å². The molecule has 0 saturated carbocycles. The first-order valence-corrected chi connectivity index (χ1v) is 11.6. The maximum absolute atomic E-state index is 14.5. The van der Waals surface area contributed by atoms with Gasteiger partial charge in [-0.2, -0.15) is 0 Å². The number of carbonyl (C=O) groups is 2. The molecule has 0 spiro atoms. The van der Waals surface area contributed by atoms with Crippen molar-refractivity contribution in [3.05, 3.63) is 76.0 Å². The van der Waals surface area contributed by atoms with E-state index in [0.29, 0.717) is 43.1 Å². The van der Waals surface area contributed by atoms with Crippen molar-refractivity contribution in [1.29, 1.82) is 0 Å². The van der Waals surface area contributed by atoms with Crippen LogP contribution in [0.3, 0.4) is 0 Å². The zero-order valence-corrected chi connectivity index (χ0v) is 20.4. The molecule has 184 valence electrons. The largest absolute Gasteiger partial charge is 0.367 e. The summed E-state index contributed by atoms with van der Waals surface area (Å²) in [6.45, 7) is 7.22. The van der Waals surface area contributed by atoms with Crippen molar-refractivity contribution < 1.29 is 14.0 Å². The number of nitrogens with zero attached hydrogens (tertiary/aromatic N) is 4. The molecule has 0 aliphatic carbocycles. The third-order valence-electron chi connectivity index (χ3n) is 6.74. The summed E-state index contributed by atoms with van der Waals surface area (Å²) in [7, 11) is 1.78. The van der Waals surface area contributed by atoms with Gasteiger partial charge in [0.25, 0.3) is 5.56 Å². The van der Waals surface area contributed by atoms with Gasteiger partial charge in [0, 0.05) is 38.8 Å². The Bertz CT molecular complexity index is 1310. The third-order valence-corrected chi connectivity index (χ3v) is 6.74. The molecule has 1 fully saturated rings. The van der Waals surface area contributed by atoms with Gasteiger partial charge in [0.15, 0.2) is 5.78 Å². The van der Waals surface area contributed by atoms with Crippen LogP contribution in [0, 0.1) is 12.7 Å². The van der Waals surface area contributed by atoms with Crippen LogP contribution in [0.25, 0.3) is 5.69 Å². The highest BCUT2D eigenvalue weighted by molar-refractivity contribution is 5.95. The summed E-state index contributed by atoms with van der Waals surface area (Å²) in [5, 5.41) is 2.84. The number of ketones is 1. The average Bonchev–Trinajstić information content (AvgIpc) is 3.07. The molecule has 0 bridgehead atoms. The topological polar surface area (TPSA) is 79.6 Å². The van der Waals surface area contributed by atoms with Crippen molar-refractivity contribution in [2.45, 2.75) is 26.8 Å². The molecular weight excluding hydrogens is 449 g/mol. The number of benzene rings is 2. The monoisotopic (exact) mass is 479 g/mol. The van der Waals surface area contributed by atoms with Crippen LogP contribution in [0.5, 0.6) is 0 Å². The second-order valence-corrected chi connectivity index (χ2v) is 8.85. The smallest absolute Gasteiger partial charge is 0.295 e. The molecule has 8 nitrogen and oxygen atoms in total. The lowest BCUT2D eigenvalue weighted by atomic mass is 10.1. The normalized spacial score (nSPS) is 15.2. The van der Waals surface area contributed by atoms with Gasteiger partial charge in [0.2, 0.25) is 5.91 Å². The van der Waals surface area contributed by atoms with Crippen LogP contribution in [-0.2, 0) is 11.8 Å². The number of para-hydroxylation sites is 1. The molecule has 2 heterocycles. The number of rotatable bonds is 6. The van der Waals surface area contributed by atoms with E-state index in [1.54, 1.807) is 37.7 Å². The Labute approximate surface area is 203 Å². The summed E-state index contributed by atoms with van der Waals surface area (Å²) in [4.78, 5) is 41.6. The Morgan fingerprint density at radius 1 is 1.03 bits per heavy atom. The molecule has 9 heteroatoms. The second-order valence-electron chi connectivity index (χ2n) is 8.85. The first-order valence-electron chi connectivity index (χ1n) is 11.6. The van der Waals surface area contributed by atoms with Gasteiger partial charge >= 0.3 is 0 Å². The van der Waals surface area contributed by atoms with E-state index in [4.69, 9.17) is 0 Å². The number of halogens is 1. The van der Waals surface area contributed by atoms with Crippen LogP contribution in [0.4, 0.5) is 15.8 Å². The Kier molecular flexibility index (Phi) is 6.88. The highest BCUT2D eigenvalue weighted by Gasteiger charge is 2.28. The molecule has 2 aromatic carbocycles. The fourth-order valence-corrected chi connectivity index (χ4v) is 4.44. The molecule has 1 aromatic heterocycles. The number of Topliss-reactive ketones (excluding diaryl/α,β-unsaturated/α-hetero) is 1. The van der Waals surface area contributed by atoms with Crippen molar-refractivity contribution in [2.75, 3.05) is 36.4 Å². The molecule has 0 radical (unpaired) electrons. The van der Waals surface area contributed by atoms with Gasteiger partial charge in [0.05, 0.1) is 23.1 Å². The molecule has 1 aliphatic rings. The van der Waals surface area contributed by atoms with E-state index in [1.807, 2.05) is 40.1 Å². The zero-order valence-electron chi connectivity index (χ0n) is 20.4. The number of hydrogen-bond acceptors (Lipinski definition) is 5. The van der Waals surface area contributed by atoms with Gasteiger partial charge in [-0.1, -0.05) is 18.2 Å². The number of piperazine rings is 1. The minimum atomic E-state index is -0.466. The highest BCUT2D eigenvalue weighted by atomic mass is 19.1. The van der Waals surface area contributed by atoms with Gasteiger partial charge in [-0.15, -0.1) is 0 Å². The number of amides is 1. The number of anilines is 2. The fraction of sp³-hybridized carbons (Fsp3) is 0.346. The Balaban J connectivity index is 1.43. The summed E-state index contributed by atoms with van der Waals surface area (Å²) >= 11 is 0. The van der Waals surface area contributed by atoms with Crippen LogP contribution in [0.2, 0.25) is 0 Å². The molecule has 1 atom stereocenters. The fourth-order valence-electron chi connectivity index (χ4n) is 4.44. The minimum Gasteiger partial charge on any atom is -0.367 e. The Hall–Kier alpha value is -3.72. The zero-order chi connectivity index (χ0) is 25.3. The number of nitrogens with one attached hydrogen (secondary N) is 1. The summed E-state index contributed by atoms with van der Waals surface area (Å²) in [6.07, 6.45) is 0. The van der Waals surface area contributed by atoms with E-state index >= 15 is 0 Å². The maximum Gasteiger partial charge on any atom is 0.295 e. The number of carbonyl (C=O) groups excluding carboxylic acids is 2. The molecule has 35 heavy (non-hydrogen) atoms. The van der Waals surface area contributed by atoms with Crippen LogP contribution in [0.15, 0.2) is 53.3 Å². The predicted octanol–water partition coefficient (Wildman–Crippen LogP) is 2.98. The van der Waals surface area contributed by atoms with Crippen molar-refractivity contribution in [1.82, 2.24) is 14.3 Å². The highest BCUT2D eigenvalue weighted by Crippen LogP contribution is 2.23. The van der Waals surface area contributed by atoms with Gasteiger partial charge in [-0.25, -0.2) is 9.07 Å². The molecule has 1 amide bonds. The summed E-state index contributed by atoms with van der Waals surface area (Å²) in [5.41, 5.74) is 2.15. The Morgan fingerprint density at radius 2 is 1.69 bits per heavy atom. The van der Waals surface area contributed by atoms with Gasteiger partial charge < -0.3 is 10.2 Å². The second kappa shape index (κ2) is 9.87. The molecular formula is C26H30FN5O3. The van der Waals surface area contributed by atoms with E-state index < -0.39 is 11.9 Å². The molecule has 0 unspecified atom stereocenters. The van der Waals surface area contributed by atoms with Crippen LogP contribution >= 0.6 is 0 Å². The SMILES string of the molecule is CC(=O)c1ccc(N2CCN([C@@H](C)C(=O)Nc3c(C)n(C)n(-c4ccccc4)c3=O)CC2)c(F)c1. The number of hydrogen-bond donors (Lipinski definition) is 1. The Morgan fingerprint density at radius 3 is 2.29 bits per heavy atom. The average molecular weight is 480 g/mol. The van der Waals surface area contributed by atoms with Crippen molar-refractivity contribution in [2.24, 2.45) is 7.05 Å². The third kappa shape index (κ3) is 4.77. The molecule has 1 aliphatic heterocycles. The lowest BCUT2D eigenvalue weighted by molar-refractivity contribution is -0.120. The van der Waals surface area contributed by atoms with E-state index in [0.717, 1.165) is 5.69 Å². The number of aromatic nitrogens is 2. The van der Waals surface area contributed by atoms with E-state index in [-0.39, 0.29) is 22.9 Å². The first-order chi connectivity index (χ1) is 16.7. The van der Waals surface area contributed by atoms with Crippen molar-refractivity contribution in [3.8, 4) is 5.69 Å². The van der Waals surface area contributed by atoms with Gasteiger partial charge in [-0.05, 0) is 51.1 Å². The van der Waals surface area contributed by atoms with Crippen molar-refractivity contribution in [3.63, 3.8) is 0 Å². The van der Waals surface area contributed by atoms with E-state index in [1.165, 1.54) is 17.7 Å². The standard InChI is InChI=1S/C26H30FN5O3/c1-17-24(26(35)32(29(17)4)21-8-6-5-7-9-21)28-25(34)18(2)30-12-14-31(15-13-30)23-11-10-20(19(3)33)16-22(23)27/h5-11,16,18H,12-15H2,1-4H3,(H,28,34)/t18-/m0/s1. The molecule has 4 rings (SSSR count). The molecule has 1 N–H and O–H groups in total. The molecule has 1 saturated heterocycles. The van der Waals surface area contributed by atoms with E-state index in [9.17, 15) is 18.8 Å². The lowest BCUT2D eigenvalue weighted by Crippen LogP contribution is -2.53. The van der Waals surface area contributed by atoms with Gasteiger partial charge in [-0.3, -0.25) is 24.0 Å². The molecule has 3 aromatic rings. The summed E-state index contributed by atoms with van der Waals surface area (Å²) in [6, 6.07) is 13.3. The minimum absolute atomic E-state index is 0.177. The maximum atomic E-state index is 14.5. The summed E-state index contributed by atoms with van der Waals surface area (Å²) in [5.74, 6) is -0.864. The summed E-state index contributed by atoms with van der Waals surface area (Å²) < 4.78 is 17.8.